The maximum Gasteiger partial charge on any atom is 0.227 e. The molecule has 140 valence electrons. The molecule has 1 aromatic carbocycles. The summed E-state index contributed by atoms with van der Waals surface area (Å²) in [6, 6.07) is 7.98. The van der Waals surface area contributed by atoms with Crippen LogP contribution in [0.25, 0.3) is 0 Å². The lowest BCUT2D eigenvalue weighted by atomic mass is 9.93. The summed E-state index contributed by atoms with van der Waals surface area (Å²) >= 11 is 0. The summed E-state index contributed by atoms with van der Waals surface area (Å²) in [5, 5.41) is 0. The van der Waals surface area contributed by atoms with Crippen molar-refractivity contribution >= 4 is 21.6 Å². The van der Waals surface area contributed by atoms with Gasteiger partial charge in [0, 0.05) is 31.7 Å². The van der Waals surface area contributed by atoms with Crippen LogP contribution in [0.3, 0.4) is 0 Å². The molecule has 5 nitrogen and oxygen atoms in total. The standard InChI is InChI=1S/C19H30N2O3S/c1-15(2)14-21(18-8-6-5-7-16(18)3)19(22)13-17-9-11-20(12-10-17)25(4,23)24/h5-8,15,17H,9-14H2,1-4H3. The van der Waals surface area contributed by atoms with Crippen LogP contribution >= 0.6 is 0 Å². The summed E-state index contributed by atoms with van der Waals surface area (Å²) in [7, 11) is -3.12. The second kappa shape index (κ2) is 8.32. The van der Waals surface area contributed by atoms with Gasteiger partial charge in [0.25, 0.3) is 0 Å². The number of anilines is 1. The van der Waals surface area contributed by atoms with Gasteiger partial charge in [0.15, 0.2) is 0 Å². The molecule has 1 heterocycles. The Labute approximate surface area is 152 Å². The van der Waals surface area contributed by atoms with E-state index >= 15 is 0 Å². The summed E-state index contributed by atoms with van der Waals surface area (Å²) < 4.78 is 24.8. The first-order chi connectivity index (χ1) is 11.7. The van der Waals surface area contributed by atoms with Crippen LogP contribution in [-0.2, 0) is 14.8 Å². The van der Waals surface area contributed by atoms with Gasteiger partial charge < -0.3 is 4.90 Å². The smallest absolute Gasteiger partial charge is 0.227 e. The predicted molar refractivity (Wildman–Crippen MR) is 102 cm³/mol. The van der Waals surface area contributed by atoms with E-state index in [9.17, 15) is 13.2 Å². The number of piperidine rings is 1. The average molecular weight is 367 g/mol. The summed E-state index contributed by atoms with van der Waals surface area (Å²) in [5.74, 6) is 0.778. The Balaban J connectivity index is 2.05. The highest BCUT2D eigenvalue weighted by Crippen LogP contribution is 2.26. The molecule has 0 N–H and O–H groups in total. The van der Waals surface area contributed by atoms with Gasteiger partial charge in [-0.25, -0.2) is 12.7 Å². The Morgan fingerprint density at radius 3 is 2.36 bits per heavy atom. The summed E-state index contributed by atoms with van der Waals surface area (Å²) in [5.41, 5.74) is 2.08. The molecule has 1 aliphatic heterocycles. The fraction of sp³-hybridized carbons (Fsp3) is 0.632. The van der Waals surface area contributed by atoms with Crippen molar-refractivity contribution in [3.63, 3.8) is 0 Å². The van der Waals surface area contributed by atoms with E-state index in [4.69, 9.17) is 0 Å². The van der Waals surface area contributed by atoms with Crippen LogP contribution in [0.1, 0.15) is 38.7 Å². The highest BCUT2D eigenvalue weighted by molar-refractivity contribution is 7.88. The van der Waals surface area contributed by atoms with Crippen LogP contribution in [0, 0.1) is 18.8 Å². The molecular weight excluding hydrogens is 336 g/mol. The van der Waals surface area contributed by atoms with Gasteiger partial charge in [0.2, 0.25) is 15.9 Å². The zero-order chi connectivity index (χ0) is 18.6. The number of amides is 1. The fourth-order valence-electron chi connectivity index (χ4n) is 3.37. The van der Waals surface area contributed by atoms with Crippen molar-refractivity contribution in [3.8, 4) is 0 Å². The second-order valence-electron chi connectivity index (χ2n) is 7.49. The molecule has 0 atom stereocenters. The van der Waals surface area contributed by atoms with Crippen molar-refractivity contribution in [2.45, 2.75) is 40.0 Å². The minimum absolute atomic E-state index is 0.140. The Bertz CT molecular complexity index is 692. The number of hydrogen-bond acceptors (Lipinski definition) is 3. The largest absolute Gasteiger partial charge is 0.312 e. The predicted octanol–water partition coefficient (Wildman–Crippen LogP) is 3.05. The minimum Gasteiger partial charge on any atom is -0.312 e. The van der Waals surface area contributed by atoms with Gasteiger partial charge in [0.1, 0.15) is 0 Å². The average Bonchev–Trinajstić information content (AvgIpc) is 2.53. The molecule has 0 bridgehead atoms. The normalized spacial score (nSPS) is 17.0. The van der Waals surface area contributed by atoms with Crippen LogP contribution < -0.4 is 4.90 Å². The molecule has 25 heavy (non-hydrogen) atoms. The molecule has 1 amide bonds. The number of para-hydroxylation sites is 1. The van der Waals surface area contributed by atoms with Crippen molar-refractivity contribution in [1.82, 2.24) is 4.31 Å². The summed E-state index contributed by atoms with van der Waals surface area (Å²) in [6.07, 6.45) is 3.24. The maximum absolute atomic E-state index is 13.0. The molecule has 0 aliphatic carbocycles. The molecule has 1 aromatic rings. The van der Waals surface area contributed by atoms with E-state index in [1.165, 1.54) is 10.6 Å². The van der Waals surface area contributed by atoms with Crippen molar-refractivity contribution in [3.05, 3.63) is 29.8 Å². The van der Waals surface area contributed by atoms with Crippen LogP contribution in [0.15, 0.2) is 24.3 Å². The van der Waals surface area contributed by atoms with Gasteiger partial charge in [-0.15, -0.1) is 0 Å². The number of rotatable bonds is 6. The van der Waals surface area contributed by atoms with E-state index in [1.54, 1.807) is 0 Å². The second-order valence-corrected chi connectivity index (χ2v) is 9.48. The summed E-state index contributed by atoms with van der Waals surface area (Å²) in [4.78, 5) is 14.9. The topological polar surface area (TPSA) is 57.7 Å². The van der Waals surface area contributed by atoms with Crippen LogP contribution in [0.4, 0.5) is 5.69 Å². The van der Waals surface area contributed by atoms with E-state index in [0.717, 1.165) is 24.1 Å². The molecule has 0 unspecified atom stereocenters. The zero-order valence-corrected chi connectivity index (χ0v) is 16.6. The maximum atomic E-state index is 13.0. The molecule has 6 heteroatoms. The molecule has 0 spiro atoms. The lowest BCUT2D eigenvalue weighted by Crippen LogP contribution is -2.40. The van der Waals surface area contributed by atoms with Gasteiger partial charge in [-0.1, -0.05) is 32.0 Å². The Morgan fingerprint density at radius 1 is 1.24 bits per heavy atom. The number of carbonyl (C=O) groups is 1. The quantitative estimate of drug-likeness (QED) is 0.777. The zero-order valence-electron chi connectivity index (χ0n) is 15.7. The molecule has 1 aliphatic rings. The first-order valence-electron chi connectivity index (χ1n) is 8.99. The van der Waals surface area contributed by atoms with Gasteiger partial charge >= 0.3 is 0 Å². The van der Waals surface area contributed by atoms with Crippen molar-refractivity contribution in [2.75, 3.05) is 30.8 Å². The van der Waals surface area contributed by atoms with Gasteiger partial charge in [-0.2, -0.15) is 0 Å². The highest BCUT2D eigenvalue weighted by atomic mass is 32.2. The van der Waals surface area contributed by atoms with Crippen molar-refractivity contribution < 1.29 is 13.2 Å². The number of aryl methyl sites for hydroxylation is 1. The van der Waals surface area contributed by atoms with Gasteiger partial charge in [0.05, 0.1) is 6.26 Å². The highest BCUT2D eigenvalue weighted by Gasteiger charge is 2.28. The van der Waals surface area contributed by atoms with E-state index in [2.05, 4.69) is 13.8 Å². The third kappa shape index (κ3) is 5.54. The monoisotopic (exact) mass is 366 g/mol. The number of hydrogen-bond donors (Lipinski definition) is 0. The first-order valence-corrected chi connectivity index (χ1v) is 10.8. The molecule has 0 saturated carbocycles. The summed E-state index contributed by atoms with van der Waals surface area (Å²) in [6.45, 7) is 8.00. The van der Waals surface area contributed by atoms with Crippen molar-refractivity contribution in [1.29, 1.82) is 0 Å². The lowest BCUT2D eigenvalue weighted by Gasteiger charge is -2.32. The van der Waals surface area contributed by atoms with E-state index in [-0.39, 0.29) is 11.8 Å². The molecule has 2 rings (SSSR count). The van der Waals surface area contributed by atoms with E-state index < -0.39 is 10.0 Å². The number of benzene rings is 1. The Morgan fingerprint density at radius 2 is 1.84 bits per heavy atom. The molecule has 0 aromatic heterocycles. The molecule has 1 saturated heterocycles. The van der Waals surface area contributed by atoms with Crippen LogP contribution in [0.5, 0.6) is 0 Å². The Hall–Kier alpha value is -1.40. The third-order valence-electron chi connectivity index (χ3n) is 4.76. The van der Waals surface area contributed by atoms with Gasteiger partial charge in [-0.3, -0.25) is 4.79 Å². The van der Waals surface area contributed by atoms with E-state index in [0.29, 0.717) is 32.0 Å². The van der Waals surface area contributed by atoms with Gasteiger partial charge in [-0.05, 0) is 43.2 Å². The Kier molecular flexibility index (Phi) is 6.63. The minimum atomic E-state index is -3.12. The number of carbonyl (C=O) groups excluding carboxylic acids is 1. The lowest BCUT2D eigenvalue weighted by molar-refractivity contribution is -0.119. The van der Waals surface area contributed by atoms with Crippen LogP contribution in [-0.4, -0.2) is 44.5 Å². The van der Waals surface area contributed by atoms with Crippen LogP contribution in [0.2, 0.25) is 0 Å². The SMILES string of the molecule is Cc1ccccc1N(CC(C)C)C(=O)CC1CCN(S(C)(=O)=O)CC1. The molecule has 1 fully saturated rings. The third-order valence-corrected chi connectivity index (χ3v) is 6.06. The molecular formula is C19H30N2O3S. The number of sulfonamides is 1. The van der Waals surface area contributed by atoms with E-state index in [1.807, 2.05) is 36.1 Å². The molecule has 0 radical (unpaired) electrons. The number of nitrogens with zero attached hydrogens (tertiary/aromatic N) is 2. The van der Waals surface area contributed by atoms with Crippen molar-refractivity contribution in [2.24, 2.45) is 11.8 Å². The first kappa shape index (κ1) is 19.9. The fourth-order valence-corrected chi connectivity index (χ4v) is 4.24.